The first-order valence-electron chi connectivity index (χ1n) is 5.92. The summed E-state index contributed by atoms with van der Waals surface area (Å²) >= 11 is 12.1. The molecule has 5 heteroatoms. The Balaban J connectivity index is 1.95. The maximum Gasteiger partial charge on any atom is 0.303 e. The predicted molar refractivity (Wildman–Crippen MR) is 72.1 cm³/mol. The van der Waals surface area contributed by atoms with Crippen LogP contribution in [0.15, 0.2) is 18.2 Å². The van der Waals surface area contributed by atoms with Crippen LogP contribution < -0.4 is 0 Å². The van der Waals surface area contributed by atoms with Crippen LogP contribution >= 0.6 is 23.2 Å². The summed E-state index contributed by atoms with van der Waals surface area (Å²) in [4.78, 5) is 12.9. The predicted octanol–water partition coefficient (Wildman–Crippen LogP) is 3.29. The Labute approximate surface area is 116 Å². The number of aliphatic carboxylic acids is 1. The molecule has 1 aromatic carbocycles. The molecule has 0 bridgehead atoms. The molecule has 1 aromatic rings. The molecule has 2 rings (SSSR count). The number of carboxylic acid groups (broad SMARTS) is 1. The van der Waals surface area contributed by atoms with Gasteiger partial charge in [-0.05, 0) is 42.6 Å². The van der Waals surface area contributed by atoms with Crippen LogP contribution in [-0.4, -0.2) is 29.1 Å². The number of hydrogen-bond donors (Lipinski definition) is 1. The largest absolute Gasteiger partial charge is 0.481 e. The van der Waals surface area contributed by atoms with E-state index in [1.54, 1.807) is 12.1 Å². The number of rotatable bonds is 4. The highest BCUT2D eigenvalue weighted by Crippen LogP contribution is 2.26. The van der Waals surface area contributed by atoms with Crippen LogP contribution in [0.2, 0.25) is 10.0 Å². The van der Waals surface area contributed by atoms with Gasteiger partial charge < -0.3 is 5.11 Å². The molecule has 18 heavy (non-hydrogen) atoms. The van der Waals surface area contributed by atoms with E-state index in [-0.39, 0.29) is 12.3 Å². The van der Waals surface area contributed by atoms with Gasteiger partial charge in [-0.3, -0.25) is 9.69 Å². The van der Waals surface area contributed by atoms with E-state index in [0.717, 1.165) is 31.6 Å². The minimum atomic E-state index is -0.720. The molecule has 1 N–H and O–H groups in total. The highest BCUT2D eigenvalue weighted by molar-refractivity contribution is 6.33. The zero-order valence-electron chi connectivity index (χ0n) is 9.90. The molecule has 1 atom stereocenters. The lowest BCUT2D eigenvalue weighted by molar-refractivity contribution is -0.138. The van der Waals surface area contributed by atoms with Crippen molar-refractivity contribution in [3.05, 3.63) is 33.8 Å². The molecule has 0 aliphatic carbocycles. The SMILES string of the molecule is O=C(O)CC1CCN(Cc2cc(Cl)ccc2Cl)C1. The first-order chi connectivity index (χ1) is 8.54. The molecule has 0 radical (unpaired) electrons. The van der Waals surface area contributed by atoms with Crippen molar-refractivity contribution in [2.75, 3.05) is 13.1 Å². The highest BCUT2D eigenvalue weighted by Gasteiger charge is 2.24. The van der Waals surface area contributed by atoms with Crippen molar-refractivity contribution >= 4 is 29.2 Å². The molecule has 1 fully saturated rings. The number of nitrogens with zero attached hydrogens (tertiary/aromatic N) is 1. The second kappa shape index (κ2) is 5.91. The number of benzene rings is 1. The van der Waals surface area contributed by atoms with Crippen molar-refractivity contribution in [1.29, 1.82) is 0 Å². The van der Waals surface area contributed by atoms with Crippen LogP contribution in [0, 0.1) is 5.92 Å². The van der Waals surface area contributed by atoms with Gasteiger partial charge in [-0.15, -0.1) is 0 Å². The minimum Gasteiger partial charge on any atom is -0.481 e. The van der Waals surface area contributed by atoms with Gasteiger partial charge in [0.25, 0.3) is 0 Å². The van der Waals surface area contributed by atoms with Crippen molar-refractivity contribution < 1.29 is 9.90 Å². The van der Waals surface area contributed by atoms with Gasteiger partial charge in [-0.25, -0.2) is 0 Å². The van der Waals surface area contributed by atoms with Gasteiger partial charge in [0.2, 0.25) is 0 Å². The molecule has 1 aliphatic heterocycles. The monoisotopic (exact) mass is 287 g/mol. The maximum absolute atomic E-state index is 10.7. The summed E-state index contributed by atoms with van der Waals surface area (Å²) in [5.41, 5.74) is 1.00. The average molecular weight is 288 g/mol. The second-order valence-corrected chi connectivity index (χ2v) is 5.57. The summed E-state index contributed by atoms with van der Waals surface area (Å²) in [6, 6.07) is 5.43. The Hall–Kier alpha value is -0.770. The lowest BCUT2D eigenvalue weighted by Gasteiger charge is -2.16. The van der Waals surface area contributed by atoms with Gasteiger partial charge in [0.05, 0.1) is 0 Å². The van der Waals surface area contributed by atoms with E-state index in [1.165, 1.54) is 0 Å². The number of hydrogen-bond acceptors (Lipinski definition) is 2. The van der Waals surface area contributed by atoms with Crippen molar-refractivity contribution in [2.24, 2.45) is 5.92 Å². The molecule has 1 heterocycles. The standard InChI is InChI=1S/C13H15Cl2NO2/c14-11-1-2-12(15)10(6-11)8-16-4-3-9(7-16)5-13(17)18/h1-2,6,9H,3-5,7-8H2,(H,17,18). The van der Waals surface area contributed by atoms with Gasteiger partial charge in [0.15, 0.2) is 0 Å². The fourth-order valence-electron chi connectivity index (χ4n) is 2.38. The molecule has 0 spiro atoms. The minimum absolute atomic E-state index is 0.250. The van der Waals surface area contributed by atoms with Crippen LogP contribution in [0.3, 0.4) is 0 Å². The van der Waals surface area contributed by atoms with E-state index in [4.69, 9.17) is 28.3 Å². The van der Waals surface area contributed by atoms with Gasteiger partial charge in [0.1, 0.15) is 0 Å². The molecule has 98 valence electrons. The summed E-state index contributed by atoms with van der Waals surface area (Å²) in [5.74, 6) is -0.469. The van der Waals surface area contributed by atoms with Crippen LogP contribution in [0.25, 0.3) is 0 Å². The summed E-state index contributed by atoms with van der Waals surface area (Å²) in [7, 11) is 0. The summed E-state index contributed by atoms with van der Waals surface area (Å²) in [6.45, 7) is 2.46. The molecule has 0 aromatic heterocycles. The van der Waals surface area contributed by atoms with Gasteiger partial charge in [-0.1, -0.05) is 23.2 Å². The van der Waals surface area contributed by atoms with E-state index >= 15 is 0 Å². The zero-order chi connectivity index (χ0) is 13.1. The molecule has 1 unspecified atom stereocenters. The first-order valence-corrected chi connectivity index (χ1v) is 6.68. The van der Waals surface area contributed by atoms with Gasteiger partial charge in [0, 0.05) is 29.6 Å². The van der Waals surface area contributed by atoms with Crippen LogP contribution in [0.5, 0.6) is 0 Å². The Morgan fingerprint density at radius 3 is 2.94 bits per heavy atom. The Morgan fingerprint density at radius 1 is 1.44 bits per heavy atom. The maximum atomic E-state index is 10.7. The third-order valence-electron chi connectivity index (χ3n) is 3.23. The summed E-state index contributed by atoms with van der Waals surface area (Å²) in [6.07, 6.45) is 1.18. The molecule has 3 nitrogen and oxygen atoms in total. The fourth-order valence-corrected chi connectivity index (χ4v) is 2.75. The topological polar surface area (TPSA) is 40.5 Å². The average Bonchev–Trinajstić information content (AvgIpc) is 2.70. The normalized spacial score (nSPS) is 20.2. The summed E-state index contributed by atoms with van der Waals surface area (Å²) in [5, 5.41) is 10.2. The fraction of sp³-hybridized carbons (Fsp3) is 0.462. The quantitative estimate of drug-likeness (QED) is 0.924. The smallest absolute Gasteiger partial charge is 0.303 e. The van der Waals surface area contributed by atoms with Crippen molar-refractivity contribution in [2.45, 2.75) is 19.4 Å². The van der Waals surface area contributed by atoms with Crippen LogP contribution in [0.1, 0.15) is 18.4 Å². The van der Waals surface area contributed by atoms with Crippen LogP contribution in [-0.2, 0) is 11.3 Å². The Bertz CT molecular complexity index is 451. The third-order valence-corrected chi connectivity index (χ3v) is 3.84. The van der Waals surface area contributed by atoms with E-state index in [1.807, 2.05) is 6.07 Å². The van der Waals surface area contributed by atoms with Crippen molar-refractivity contribution in [1.82, 2.24) is 4.90 Å². The van der Waals surface area contributed by atoms with Crippen molar-refractivity contribution in [3.8, 4) is 0 Å². The first kappa shape index (κ1) is 13.7. The number of likely N-dealkylation sites (tertiary alicyclic amines) is 1. The molecule has 0 saturated carbocycles. The third kappa shape index (κ3) is 3.61. The van der Waals surface area contributed by atoms with Crippen LogP contribution in [0.4, 0.5) is 0 Å². The second-order valence-electron chi connectivity index (χ2n) is 4.72. The van der Waals surface area contributed by atoms with E-state index in [0.29, 0.717) is 10.0 Å². The molecular weight excluding hydrogens is 273 g/mol. The molecular formula is C13H15Cl2NO2. The summed E-state index contributed by atoms with van der Waals surface area (Å²) < 4.78 is 0. The molecule has 1 aliphatic rings. The Kier molecular flexibility index (Phi) is 4.49. The van der Waals surface area contributed by atoms with E-state index < -0.39 is 5.97 Å². The highest BCUT2D eigenvalue weighted by atomic mass is 35.5. The lowest BCUT2D eigenvalue weighted by atomic mass is 10.1. The number of carbonyl (C=O) groups is 1. The number of halogens is 2. The zero-order valence-corrected chi connectivity index (χ0v) is 11.4. The van der Waals surface area contributed by atoms with Crippen molar-refractivity contribution in [3.63, 3.8) is 0 Å². The van der Waals surface area contributed by atoms with Gasteiger partial charge in [-0.2, -0.15) is 0 Å². The lowest BCUT2D eigenvalue weighted by Crippen LogP contribution is -2.21. The van der Waals surface area contributed by atoms with E-state index in [9.17, 15) is 4.79 Å². The van der Waals surface area contributed by atoms with Gasteiger partial charge >= 0.3 is 5.97 Å². The molecule has 1 saturated heterocycles. The molecule has 0 amide bonds. The Morgan fingerprint density at radius 2 is 2.22 bits per heavy atom. The van der Waals surface area contributed by atoms with E-state index in [2.05, 4.69) is 4.90 Å². The number of carboxylic acids is 1.